The fourth-order valence-electron chi connectivity index (χ4n) is 3.94. The number of hydrogen-bond acceptors (Lipinski definition) is 2. The number of ether oxygens (including phenoxy) is 1. The Bertz CT molecular complexity index is 421. The number of esters is 1. The van der Waals surface area contributed by atoms with Crippen LogP contribution in [0.2, 0.25) is 0 Å². The van der Waals surface area contributed by atoms with Crippen LogP contribution in [0, 0.1) is 17.3 Å². The van der Waals surface area contributed by atoms with Crippen LogP contribution in [0.5, 0.6) is 0 Å². The molecule has 0 aliphatic heterocycles. The van der Waals surface area contributed by atoms with Gasteiger partial charge >= 0.3 is 5.97 Å². The van der Waals surface area contributed by atoms with Crippen LogP contribution in [0.1, 0.15) is 59.3 Å². The van der Waals surface area contributed by atoms with Crippen molar-refractivity contribution < 1.29 is 9.53 Å². The predicted octanol–water partition coefficient (Wildman–Crippen LogP) is 4.66. The van der Waals surface area contributed by atoms with Crippen LogP contribution in [-0.4, -0.2) is 12.6 Å². The molecule has 0 amide bonds. The molecule has 0 spiro atoms. The van der Waals surface area contributed by atoms with Crippen LogP contribution in [0.25, 0.3) is 0 Å². The third-order valence-electron chi connectivity index (χ3n) is 5.47. The number of allylic oxidation sites excluding steroid dienone is 2. The van der Waals surface area contributed by atoms with E-state index in [1.54, 1.807) is 0 Å². The monoisotopic (exact) mass is 276 g/mol. The quantitative estimate of drug-likeness (QED) is 0.521. The van der Waals surface area contributed by atoms with Crippen molar-refractivity contribution >= 4 is 5.97 Å². The topological polar surface area (TPSA) is 26.3 Å². The average molecular weight is 276 g/mol. The highest BCUT2D eigenvalue weighted by Crippen LogP contribution is 2.60. The Morgan fingerprint density at radius 2 is 2.25 bits per heavy atom. The number of hydrogen-bond donors (Lipinski definition) is 0. The third-order valence-corrected chi connectivity index (χ3v) is 5.47. The van der Waals surface area contributed by atoms with Gasteiger partial charge in [-0.2, -0.15) is 0 Å². The molecule has 0 saturated heterocycles. The molecule has 0 aromatic rings. The minimum atomic E-state index is -0.119. The first-order chi connectivity index (χ1) is 9.47. The van der Waals surface area contributed by atoms with E-state index in [-0.39, 0.29) is 5.97 Å². The van der Waals surface area contributed by atoms with Crippen LogP contribution in [0.3, 0.4) is 0 Å². The zero-order valence-electron chi connectivity index (χ0n) is 13.2. The second kappa shape index (κ2) is 6.15. The summed E-state index contributed by atoms with van der Waals surface area (Å²) in [6.45, 7) is 11.1. The van der Waals surface area contributed by atoms with Crippen LogP contribution in [0.15, 0.2) is 23.8 Å². The normalized spacial score (nSPS) is 32.8. The highest BCUT2D eigenvalue weighted by Gasteiger charge is 2.49. The smallest absolute Gasteiger partial charge is 0.305 e. The summed E-state index contributed by atoms with van der Waals surface area (Å²) in [4.78, 5) is 11.1. The molecule has 0 aromatic heterocycles. The van der Waals surface area contributed by atoms with Crippen molar-refractivity contribution in [3.8, 4) is 0 Å². The van der Waals surface area contributed by atoms with Gasteiger partial charge in [0, 0.05) is 6.42 Å². The zero-order chi connectivity index (χ0) is 14.8. The zero-order valence-corrected chi connectivity index (χ0v) is 13.2. The number of carbonyl (C=O) groups is 1. The summed E-state index contributed by atoms with van der Waals surface area (Å²) in [5.74, 6) is 1.53. The standard InChI is InChI=1S/C18H28O2/c1-5-17(19)20-12-13(2)7-6-10-18(4)14(3)15-8-9-16(18)11-15/h7,15-16H,3,5-6,8-12H2,1-2,4H3/b13-7-. The maximum atomic E-state index is 11.1. The van der Waals surface area contributed by atoms with E-state index in [0.717, 1.165) is 23.8 Å². The molecule has 2 rings (SSSR count). The van der Waals surface area contributed by atoms with E-state index in [4.69, 9.17) is 4.74 Å². The molecule has 0 aromatic carbocycles. The van der Waals surface area contributed by atoms with E-state index in [1.807, 2.05) is 13.8 Å². The molecule has 112 valence electrons. The van der Waals surface area contributed by atoms with E-state index in [1.165, 1.54) is 31.3 Å². The molecule has 3 unspecified atom stereocenters. The SMILES string of the molecule is C=C1C2CCC(C2)C1(C)CC/C=C(/C)COC(=O)CC. The van der Waals surface area contributed by atoms with Crippen molar-refractivity contribution in [2.75, 3.05) is 6.61 Å². The Balaban J connectivity index is 1.80. The highest BCUT2D eigenvalue weighted by atomic mass is 16.5. The molecule has 20 heavy (non-hydrogen) atoms. The van der Waals surface area contributed by atoms with Gasteiger partial charge in [0.1, 0.15) is 6.61 Å². The van der Waals surface area contributed by atoms with Crippen LogP contribution >= 0.6 is 0 Å². The van der Waals surface area contributed by atoms with Gasteiger partial charge in [0.15, 0.2) is 0 Å². The second-order valence-corrected chi connectivity index (χ2v) is 6.75. The Hall–Kier alpha value is -1.05. The highest BCUT2D eigenvalue weighted by molar-refractivity contribution is 5.69. The molecule has 0 N–H and O–H groups in total. The van der Waals surface area contributed by atoms with Crippen molar-refractivity contribution in [1.82, 2.24) is 0 Å². The van der Waals surface area contributed by atoms with Gasteiger partial charge in [0.25, 0.3) is 0 Å². The molecule has 2 nitrogen and oxygen atoms in total. The second-order valence-electron chi connectivity index (χ2n) is 6.75. The third kappa shape index (κ3) is 2.99. The average Bonchev–Trinajstić information content (AvgIpc) is 3.00. The summed E-state index contributed by atoms with van der Waals surface area (Å²) >= 11 is 0. The maximum Gasteiger partial charge on any atom is 0.305 e. The molecular formula is C18H28O2. The van der Waals surface area contributed by atoms with E-state index < -0.39 is 0 Å². The fourth-order valence-corrected chi connectivity index (χ4v) is 3.94. The van der Waals surface area contributed by atoms with Crippen molar-refractivity contribution in [3.63, 3.8) is 0 Å². The lowest BCUT2D eigenvalue weighted by molar-refractivity contribution is -0.142. The lowest BCUT2D eigenvalue weighted by atomic mass is 9.69. The number of fused-ring (bicyclic) bond motifs is 2. The van der Waals surface area contributed by atoms with Crippen LogP contribution in [0.4, 0.5) is 0 Å². The molecule has 2 bridgehead atoms. The molecule has 2 aliphatic carbocycles. The van der Waals surface area contributed by atoms with Gasteiger partial charge in [0.2, 0.25) is 0 Å². The lowest BCUT2D eigenvalue weighted by Gasteiger charge is -2.36. The largest absolute Gasteiger partial charge is 0.461 e. The number of rotatable bonds is 6. The minimum Gasteiger partial charge on any atom is -0.461 e. The summed E-state index contributed by atoms with van der Waals surface area (Å²) in [7, 11) is 0. The van der Waals surface area contributed by atoms with Gasteiger partial charge in [-0.05, 0) is 61.9 Å². The minimum absolute atomic E-state index is 0.119. The molecule has 2 heteroatoms. The summed E-state index contributed by atoms with van der Waals surface area (Å²) < 4.78 is 5.15. The first kappa shape index (κ1) is 15.3. The molecule has 2 aliphatic rings. The van der Waals surface area contributed by atoms with Crippen molar-refractivity contribution in [2.45, 2.75) is 59.3 Å². The van der Waals surface area contributed by atoms with Gasteiger partial charge in [-0.15, -0.1) is 0 Å². The number of carbonyl (C=O) groups excluding carboxylic acids is 1. The van der Waals surface area contributed by atoms with E-state index in [2.05, 4.69) is 19.6 Å². The summed E-state index contributed by atoms with van der Waals surface area (Å²) in [6, 6.07) is 0. The molecule has 3 atom stereocenters. The Morgan fingerprint density at radius 3 is 2.85 bits per heavy atom. The van der Waals surface area contributed by atoms with E-state index in [0.29, 0.717) is 18.4 Å². The molecule has 2 saturated carbocycles. The maximum absolute atomic E-state index is 11.1. The Labute approximate surface area is 123 Å². The first-order valence-electron chi connectivity index (χ1n) is 7.98. The molecule has 0 radical (unpaired) electrons. The fraction of sp³-hybridized carbons (Fsp3) is 0.722. The van der Waals surface area contributed by atoms with Crippen molar-refractivity contribution in [1.29, 1.82) is 0 Å². The van der Waals surface area contributed by atoms with Gasteiger partial charge in [-0.1, -0.05) is 32.1 Å². The first-order valence-corrected chi connectivity index (χ1v) is 7.98. The van der Waals surface area contributed by atoms with Crippen LogP contribution in [-0.2, 0) is 9.53 Å². The van der Waals surface area contributed by atoms with Crippen molar-refractivity contribution in [2.24, 2.45) is 17.3 Å². The summed E-state index contributed by atoms with van der Waals surface area (Å²) in [6.07, 6.45) is 9.05. The summed E-state index contributed by atoms with van der Waals surface area (Å²) in [5, 5.41) is 0. The summed E-state index contributed by atoms with van der Waals surface area (Å²) in [5.41, 5.74) is 3.00. The Kier molecular flexibility index (Phi) is 4.72. The van der Waals surface area contributed by atoms with Gasteiger partial charge in [-0.3, -0.25) is 4.79 Å². The molecule has 0 heterocycles. The van der Waals surface area contributed by atoms with Gasteiger partial charge < -0.3 is 4.74 Å². The van der Waals surface area contributed by atoms with Gasteiger partial charge in [-0.25, -0.2) is 0 Å². The molecular weight excluding hydrogens is 248 g/mol. The van der Waals surface area contributed by atoms with E-state index in [9.17, 15) is 4.79 Å². The van der Waals surface area contributed by atoms with Crippen molar-refractivity contribution in [3.05, 3.63) is 23.8 Å². The van der Waals surface area contributed by atoms with Gasteiger partial charge in [0.05, 0.1) is 0 Å². The Morgan fingerprint density at radius 1 is 1.50 bits per heavy atom. The van der Waals surface area contributed by atoms with Crippen LogP contribution < -0.4 is 0 Å². The predicted molar refractivity (Wildman–Crippen MR) is 82.3 cm³/mol. The molecule has 2 fully saturated rings. The lowest BCUT2D eigenvalue weighted by Crippen LogP contribution is -2.26. The van der Waals surface area contributed by atoms with E-state index >= 15 is 0 Å².